The van der Waals surface area contributed by atoms with Gasteiger partial charge in [0.2, 0.25) is 5.95 Å². The molecule has 2 aromatic carbocycles. The number of nitrogens with zero attached hydrogens (tertiary/aromatic N) is 5. The third-order valence-electron chi connectivity index (χ3n) is 6.35. The van der Waals surface area contributed by atoms with Crippen LogP contribution in [0, 0.1) is 5.82 Å². The summed E-state index contributed by atoms with van der Waals surface area (Å²) in [5, 5.41) is 0.478. The number of hydrogen-bond donors (Lipinski definition) is 0. The molecule has 9 heteroatoms. The number of rotatable bonds is 7. The van der Waals surface area contributed by atoms with Crippen LogP contribution in [-0.2, 0) is 4.79 Å². The van der Waals surface area contributed by atoms with Crippen LogP contribution >= 0.6 is 23.4 Å². The maximum atomic E-state index is 13.7. The highest BCUT2D eigenvalue weighted by atomic mass is 35.5. The summed E-state index contributed by atoms with van der Waals surface area (Å²) in [6, 6.07) is 15.8. The lowest BCUT2D eigenvalue weighted by Crippen LogP contribution is -2.47. The van der Waals surface area contributed by atoms with Crippen molar-refractivity contribution >= 4 is 41.3 Å². The number of piperazine rings is 1. The fraction of sp³-hybridized carbons (Fsp3) is 0.296. The molecule has 5 rings (SSSR count). The molecule has 36 heavy (non-hydrogen) atoms. The van der Waals surface area contributed by atoms with E-state index in [2.05, 4.69) is 19.8 Å². The van der Waals surface area contributed by atoms with Gasteiger partial charge in [0, 0.05) is 50.1 Å². The molecule has 1 atom stereocenters. The molecule has 3 aromatic rings. The molecule has 0 saturated carbocycles. The van der Waals surface area contributed by atoms with Crippen molar-refractivity contribution in [1.82, 2.24) is 19.8 Å². The lowest BCUT2D eigenvalue weighted by Gasteiger charge is -2.35. The molecule has 0 aliphatic carbocycles. The first-order valence-corrected chi connectivity index (χ1v) is 13.3. The van der Waals surface area contributed by atoms with E-state index in [1.54, 1.807) is 30.6 Å². The van der Waals surface area contributed by atoms with Crippen molar-refractivity contribution in [2.24, 2.45) is 0 Å². The van der Waals surface area contributed by atoms with Gasteiger partial charge < -0.3 is 9.80 Å². The van der Waals surface area contributed by atoms with Crippen molar-refractivity contribution < 1.29 is 9.18 Å². The average molecular weight is 524 g/mol. The molecule has 0 spiro atoms. The van der Waals surface area contributed by atoms with E-state index >= 15 is 0 Å². The number of thioether (sulfide) groups is 1. The number of hydrogen-bond acceptors (Lipinski definition) is 6. The number of aromatic nitrogens is 2. The number of anilines is 1. The van der Waals surface area contributed by atoms with Crippen LogP contribution in [0.4, 0.5) is 10.3 Å². The van der Waals surface area contributed by atoms with Gasteiger partial charge in [-0.05, 0) is 60.5 Å². The minimum atomic E-state index is -0.318. The predicted molar refractivity (Wildman–Crippen MR) is 143 cm³/mol. The first kappa shape index (κ1) is 24.7. The number of benzene rings is 2. The van der Waals surface area contributed by atoms with Gasteiger partial charge in [0.1, 0.15) is 11.2 Å². The Balaban J connectivity index is 1.24. The highest BCUT2D eigenvalue weighted by molar-refractivity contribution is 8.04. The molecule has 1 unspecified atom stereocenters. The molecule has 1 amide bonds. The lowest BCUT2D eigenvalue weighted by molar-refractivity contribution is -0.126. The summed E-state index contributed by atoms with van der Waals surface area (Å²) in [5.74, 6) is 0.432. The summed E-state index contributed by atoms with van der Waals surface area (Å²) >= 11 is 7.76. The molecule has 1 aromatic heterocycles. The highest BCUT2D eigenvalue weighted by Crippen LogP contribution is 2.46. The topological polar surface area (TPSA) is 52.6 Å². The second kappa shape index (κ2) is 11.4. The zero-order valence-electron chi connectivity index (χ0n) is 19.8. The fourth-order valence-corrected chi connectivity index (χ4v) is 6.02. The number of amides is 1. The van der Waals surface area contributed by atoms with Gasteiger partial charge in [0.15, 0.2) is 0 Å². The van der Waals surface area contributed by atoms with Gasteiger partial charge in [0.25, 0.3) is 5.91 Å². The number of halogens is 2. The Morgan fingerprint density at radius 3 is 2.53 bits per heavy atom. The molecule has 0 bridgehead atoms. The Hall–Kier alpha value is -2.94. The molecule has 0 N–H and O–H groups in total. The molecule has 2 aliphatic heterocycles. The molecule has 6 nitrogen and oxygen atoms in total. The van der Waals surface area contributed by atoms with E-state index in [9.17, 15) is 9.18 Å². The molecular formula is C27H27ClFN5OS. The predicted octanol–water partition coefficient (Wildman–Crippen LogP) is 5.10. The maximum absolute atomic E-state index is 13.7. The summed E-state index contributed by atoms with van der Waals surface area (Å²) in [6.07, 6.45) is 6.18. The monoisotopic (exact) mass is 523 g/mol. The molecule has 3 heterocycles. The second-order valence-corrected chi connectivity index (χ2v) is 10.4. The van der Waals surface area contributed by atoms with E-state index in [-0.39, 0.29) is 17.1 Å². The zero-order chi connectivity index (χ0) is 24.9. The van der Waals surface area contributed by atoms with E-state index in [1.807, 2.05) is 35.2 Å². The van der Waals surface area contributed by atoms with Crippen LogP contribution in [0.25, 0.3) is 6.08 Å². The molecule has 2 aliphatic rings. The van der Waals surface area contributed by atoms with Gasteiger partial charge in [0.05, 0.1) is 4.91 Å². The number of carbonyl (C=O) groups is 1. The van der Waals surface area contributed by atoms with Gasteiger partial charge in [-0.15, -0.1) is 0 Å². The Morgan fingerprint density at radius 1 is 1.00 bits per heavy atom. The van der Waals surface area contributed by atoms with Gasteiger partial charge in [-0.1, -0.05) is 47.6 Å². The summed E-state index contributed by atoms with van der Waals surface area (Å²) < 4.78 is 13.7. The number of carbonyl (C=O) groups excluding carboxylic acids is 1. The summed E-state index contributed by atoms with van der Waals surface area (Å²) in [4.78, 5) is 29.3. The van der Waals surface area contributed by atoms with Crippen LogP contribution in [0.3, 0.4) is 0 Å². The molecule has 0 radical (unpaired) electrons. The standard InChI is InChI=1S/C27H27ClFN5OS/c28-22-7-2-6-21(19-22)26-34(25(35)24(36-26)18-20-5-1-8-23(29)17-20)12-4-11-32-13-15-33(16-14-32)27-30-9-3-10-31-27/h1-3,5-10,17-19,26H,4,11-16H2/b24-18+. The van der Waals surface area contributed by atoms with Crippen molar-refractivity contribution in [3.63, 3.8) is 0 Å². The first-order chi connectivity index (χ1) is 17.6. The van der Waals surface area contributed by atoms with Crippen molar-refractivity contribution in [1.29, 1.82) is 0 Å². The lowest BCUT2D eigenvalue weighted by atomic mass is 10.2. The average Bonchev–Trinajstić information content (AvgIpc) is 3.20. The summed E-state index contributed by atoms with van der Waals surface area (Å²) in [5.41, 5.74) is 1.66. The minimum absolute atomic E-state index is 0.0275. The maximum Gasteiger partial charge on any atom is 0.261 e. The molecule has 2 saturated heterocycles. The van der Waals surface area contributed by atoms with Gasteiger partial charge >= 0.3 is 0 Å². The largest absolute Gasteiger partial charge is 0.338 e. The SMILES string of the molecule is O=C1/C(=C\c2cccc(F)c2)SC(c2cccc(Cl)c2)N1CCCN1CCN(c2ncccn2)CC1. The minimum Gasteiger partial charge on any atom is -0.338 e. The van der Waals surface area contributed by atoms with Crippen LogP contribution in [0.15, 0.2) is 71.9 Å². The molecule has 2 fully saturated rings. The Kier molecular flexibility index (Phi) is 7.84. The van der Waals surface area contributed by atoms with E-state index in [0.717, 1.165) is 50.7 Å². The summed E-state index contributed by atoms with van der Waals surface area (Å²) in [7, 11) is 0. The Labute approximate surface area is 219 Å². The van der Waals surface area contributed by atoms with Crippen LogP contribution in [0.5, 0.6) is 0 Å². The Morgan fingerprint density at radius 2 is 1.78 bits per heavy atom. The van der Waals surface area contributed by atoms with Crippen LogP contribution < -0.4 is 4.90 Å². The van der Waals surface area contributed by atoms with Crippen molar-refractivity contribution in [3.05, 3.63) is 93.9 Å². The van der Waals surface area contributed by atoms with Crippen LogP contribution in [0.1, 0.15) is 22.9 Å². The van der Waals surface area contributed by atoms with E-state index in [1.165, 1.54) is 23.9 Å². The van der Waals surface area contributed by atoms with E-state index in [4.69, 9.17) is 11.6 Å². The highest BCUT2D eigenvalue weighted by Gasteiger charge is 2.37. The van der Waals surface area contributed by atoms with E-state index < -0.39 is 0 Å². The second-order valence-electron chi connectivity index (χ2n) is 8.82. The van der Waals surface area contributed by atoms with Crippen molar-refractivity contribution in [3.8, 4) is 0 Å². The smallest absolute Gasteiger partial charge is 0.261 e. The molecular weight excluding hydrogens is 497 g/mol. The van der Waals surface area contributed by atoms with Crippen LogP contribution in [0.2, 0.25) is 5.02 Å². The fourth-order valence-electron chi connectivity index (χ4n) is 4.54. The van der Waals surface area contributed by atoms with Gasteiger partial charge in [-0.3, -0.25) is 9.69 Å². The van der Waals surface area contributed by atoms with Crippen molar-refractivity contribution in [2.45, 2.75) is 11.8 Å². The third-order valence-corrected chi connectivity index (χ3v) is 7.89. The Bertz CT molecular complexity index is 1240. The zero-order valence-corrected chi connectivity index (χ0v) is 21.3. The van der Waals surface area contributed by atoms with Crippen LogP contribution in [-0.4, -0.2) is 64.9 Å². The summed E-state index contributed by atoms with van der Waals surface area (Å²) in [6.45, 7) is 5.17. The quantitative estimate of drug-likeness (QED) is 0.402. The molecule has 186 valence electrons. The first-order valence-electron chi connectivity index (χ1n) is 12.0. The van der Waals surface area contributed by atoms with Crippen molar-refractivity contribution in [2.75, 3.05) is 44.2 Å². The van der Waals surface area contributed by atoms with Gasteiger partial charge in [-0.25, -0.2) is 14.4 Å². The van der Waals surface area contributed by atoms with E-state index in [0.29, 0.717) is 22.0 Å². The third kappa shape index (κ3) is 5.88. The van der Waals surface area contributed by atoms with Gasteiger partial charge in [-0.2, -0.15) is 0 Å². The normalized spacial score (nSPS) is 19.9.